The van der Waals surface area contributed by atoms with E-state index in [1.54, 1.807) is 11.8 Å². The summed E-state index contributed by atoms with van der Waals surface area (Å²) in [5, 5.41) is 6.02. The minimum Gasteiger partial charge on any atom is -0.344 e. The SMILES string of the molecule is CC[C@H](NC(=O)C[NH+](C)CC(=O)Nc1ccccc1SC)c1ccc(C)cc1. The molecule has 0 heterocycles. The Morgan fingerprint density at radius 3 is 2.32 bits per heavy atom. The Labute approximate surface area is 171 Å². The van der Waals surface area contributed by atoms with Gasteiger partial charge in [0, 0.05) is 4.90 Å². The van der Waals surface area contributed by atoms with E-state index in [-0.39, 0.29) is 30.9 Å². The number of quaternary nitrogens is 1. The van der Waals surface area contributed by atoms with E-state index in [0.29, 0.717) is 0 Å². The molecule has 5 nitrogen and oxygen atoms in total. The predicted molar refractivity (Wildman–Crippen MR) is 116 cm³/mol. The van der Waals surface area contributed by atoms with Gasteiger partial charge in [0.05, 0.1) is 18.8 Å². The molecule has 6 heteroatoms. The number of para-hydroxylation sites is 1. The number of hydrogen-bond donors (Lipinski definition) is 3. The lowest BCUT2D eigenvalue weighted by Gasteiger charge is -2.19. The average Bonchev–Trinajstić information content (AvgIpc) is 2.67. The first kappa shape index (κ1) is 22.0. The standard InChI is InChI=1S/C22H29N3O2S/c1-5-18(17-12-10-16(2)11-13-17)23-21(26)14-25(3)15-22(27)24-19-8-6-7-9-20(19)28-4/h6-13,18H,5,14-15H2,1-4H3,(H,23,26)(H,24,27)/p+1/t18-/m0/s1. The van der Waals surface area contributed by atoms with Gasteiger partial charge in [-0.25, -0.2) is 0 Å². The summed E-state index contributed by atoms with van der Waals surface area (Å²) in [4.78, 5) is 26.6. The first-order valence-electron chi connectivity index (χ1n) is 9.53. The molecule has 2 rings (SSSR count). The van der Waals surface area contributed by atoms with Crippen LogP contribution >= 0.6 is 11.8 Å². The van der Waals surface area contributed by atoms with Crippen molar-refractivity contribution in [1.82, 2.24) is 5.32 Å². The van der Waals surface area contributed by atoms with Crippen LogP contribution in [0.25, 0.3) is 0 Å². The van der Waals surface area contributed by atoms with Crippen LogP contribution in [0.2, 0.25) is 0 Å². The topological polar surface area (TPSA) is 62.6 Å². The van der Waals surface area contributed by atoms with Gasteiger partial charge >= 0.3 is 0 Å². The Morgan fingerprint density at radius 1 is 1.04 bits per heavy atom. The summed E-state index contributed by atoms with van der Waals surface area (Å²) in [7, 11) is 1.85. The van der Waals surface area contributed by atoms with E-state index in [1.165, 1.54) is 5.56 Å². The van der Waals surface area contributed by atoms with Gasteiger partial charge in [-0.15, -0.1) is 11.8 Å². The van der Waals surface area contributed by atoms with Crippen LogP contribution in [0.4, 0.5) is 5.69 Å². The molecule has 2 aromatic rings. The Morgan fingerprint density at radius 2 is 1.68 bits per heavy atom. The zero-order chi connectivity index (χ0) is 20.5. The zero-order valence-electron chi connectivity index (χ0n) is 17.0. The molecule has 2 amide bonds. The third-order valence-corrected chi connectivity index (χ3v) is 5.32. The van der Waals surface area contributed by atoms with Crippen LogP contribution in [0.5, 0.6) is 0 Å². The lowest BCUT2D eigenvalue weighted by molar-refractivity contribution is -0.862. The molecule has 0 aliphatic carbocycles. The molecule has 1 unspecified atom stereocenters. The summed E-state index contributed by atoms with van der Waals surface area (Å²) in [6.45, 7) is 4.58. The van der Waals surface area contributed by atoms with Gasteiger partial charge in [-0.05, 0) is 37.3 Å². The largest absolute Gasteiger partial charge is 0.344 e. The number of benzene rings is 2. The van der Waals surface area contributed by atoms with Crippen molar-refractivity contribution in [3.63, 3.8) is 0 Å². The zero-order valence-corrected chi connectivity index (χ0v) is 17.9. The number of carbonyl (C=O) groups excluding carboxylic acids is 2. The normalized spacial score (nSPS) is 12.9. The Bertz CT molecular complexity index is 793. The fraction of sp³-hybridized carbons (Fsp3) is 0.364. The third-order valence-electron chi connectivity index (χ3n) is 4.53. The molecule has 0 bridgehead atoms. The first-order chi connectivity index (χ1) is 13.4. The number of likely N-dealkylation sites (N-methyl/N-ethyl adjacent to an activating group) is 1. The highest BCUT2D eigenvalue weighted by molar-refractivity contribution is 7.98. The van der Waals surface area contributed by atoms with Crippen LogP contribution in [-0.4, -0.2) is 38.2 Å². The molecule has 0 fully saturated rings. The van der Waals surface area contributed by atoms with Gasteiger partial charge in [0.2, 0.25) is 0 Å². The lowest BCUT2D eigenvalue weighted by atomic mass is 10.0. The summed E-state index contributed by atoms with van der Waals surface area (Å²) in [6, 6.07) is 15.9. The smallest absolute Gasteiger partial charge is 0.279 e. The van der Waals surface area contributed by atoms with Crippen LogP contribution in [0, 0.1) is 6.92 Å². The Kier molecular flexibility index (Phi) is 8.54. The first-order valence-corrected chi connectivity index (χ1v) is 10.8. The van der Waals surface area contributed by atoms with Crippen molar-refractivity contribution in [2.75, 3.05) is 31.7 Å². The second kappa shape index (κ2) is 10.9. The molecule has 0 aromatic heterocycles. The number of rotatable bonds is 9. The van der Waals surface area contributed by atoms with E-state index >= 15 is 0 Å². The Balaban J connectivity index is 1.85. The summed E-state index contributed by atoms with van der Waals surface area (Å²) in [6.07, 6.45) is 2.80. The highest BCUT2D eigenvalue weighted by atomic mass is 32.2. The van der Waals surface area contributed by atoms with Crippen molar-refractivity contribution in [3.05, 3.63) is 59.7 Å². The molecule has 2 aromatic carbocycles. The molecule has 0 aliphatic rings. The third kappa shape index (κ3) is 6.69. The lowest BCUT2D eigenvalue weighted by Crippen LogP contribution is -3.11. The van der Waals surface area contributed by atoms with Gasteiger partial charge in [0.25, 0.3) is 11.8 Å². The van der Waals surface area contributed by atoms with Crippen LogP contribution in [0.1, 0.15) is 30.5 Å². The summed E-state index contributed by atoms with van der Waals surface area (Å²) in [5.41, 5.74) is 3.11. The van der Waals surface area contributed by atoms with Crippen LogP contribution < -0.4 is 15.5 Å². The van der Waals surface area contributed by atoms with Gasteiger partial charge < -0.3 is 15.5 Å². The maximum absolute atomic E-state index is 12.4. The molecule has 0 saturated carbocycles. The highest BCUT2D eigenvalue weighted by Gasteiger charge is 2.18. The predicted octanol–water partition coefficient (Wildman–Crippen LogP) is 2.44. The fourth-order valence-corrected chi connectivity index (χ4v) is 3.57. The van der Waals surface area contributed by atoms with Gasteiger partial charge in [0.1, 0.15) is 0 Å². The summed E-state index contributed by atoms with van der Waals surface area (Å²) in [5.74, 6) is -0.153. The minimum absolute atomic E-state index is 0.0109. The van der Waals surface area contributed by atoms with E-state index in [9.17, 15) is 9.59 Å². The van der Waals surface area contributed by atoms with Crippen molar-refractivity contribution >= 4 is 29.3 Å². The van der Waals surface area contributed by atoms with Crippen LogP contribution in [0.15, 0.2) is 53.4 Å². The highest BCUT2D eigenvalue weighted by Crippen LogP contribution is 2.24. The van der Waals surface area contributed by atoms with Gasteiger partial charge in [0.15, 0.2) is 13.1 Å². The number of carbonyl (C=O) groups is 2. The molecule has 0 spiro atoms. The van der Waals surface area contributed by atoms with Gasteiger partial charge in [-0.2, -0.15) is 0 Å². The van der Waals surface area contributed by atoms with Crippen LogP contribution in [0.3, 0.4) is 0 Å². The number of aryl methyl sites for hydroxylation is 1. The van der Waals surface area contributed by atoms with Crippen molar-refractivity contribution in [2.45, 2.75) is 31.2 Å². The molecule has 2 atom stereocenters. The quantitative estimate of drug-likeness (QED) is 0.567. The Hall–Kier alpha value is -2.31. The van der Waals surface area contributed by atoms with E-state index in [0.717, 1.165) is 27.5 Å². The molecular formula is C22H30N3O2S+. The molecule has 0 saturated heterocycles. The molecule has 0 aliphatic heterocycles. The van der Waals surface area contributed by atoms with E-state index in [4.69, 9.17) is 0 Å². The number of anilines is 1. The fourth-order valence-electron chi connectivity index (χ4n) is 3.02. The second-order valence-electron chi connectivity index (χ2n) is 7.00. The maximum Gasteiger partial charge on any atom is 0.279 e. The number of thioether (sulfide) groups is 1. The second-order valence-corrected chi connectivity index (χ2v) is 7.85. The van der Waals surface area contributed by atoms with E-state index < -0.39 is 0 Å². The summed E-state index contributed by atoms with van der Waals surface area (Å²) < 4.78 is 0. The number of hydrogen-bond acceptors (Lipinski definition) is 3. The van der Waals surface area contributed by atoms with Gasteiger partial charge in [-0.1, -0.05) is 48.9 Å². The molecule has 3 N–H and O–H groups in total. The van der Waals surface area contributed by atoms with E-state index in [1.807, 2.05) is 44.5 Å². The van der Waals surface area contributed by atoms with Crippen LogP contribution in [-0.2, 0) is 9.59 Å². The monoisotopic (exact) mass is 400 g/mol. The van der Waals surface area contributed by atoms with Crippen molar-refractivity contribution in [1.29, 1.82) is 0 Å². The van der Waals surface area contributed by atoms with E-state index in [2.05, 4.69) is 41.8 Å². The molecule has 28 heavy (non-hydrogen) atoms. The average molecular weight is 401 g/mol. The molecular weight excluding hydrogens is 370 g/mol. The maximum atomic E-state index is 12.4. The van der Waals surface area contributed by atoms with Gasteiger partial charge in [-0.3, -0.25) is 9.59 Å². The van der Waals surface area contributed by atoms with Crippen molar-refractivity contribution in [2.24, 2.45) is 0 Å². The number of nitrogens with one attached hydrogen (secondary N) is 3. The molecule has 150 valence electrons. The number of amides is 2. The summed E-state index contributed by atoms with van der Waals surface area (Å²) >= 11 is 1.59. The van der Waals surface area contributed by atoms with Crippen molar-refractivity contribution < 1.29 is 14.5 Å². The molecule has 0 radical (unpaired) electrons. The van der Waals surface area contributed by atoms with Crippen molar-refractivity contribution in [3.8, 4) is 0 Å². The minimum atomic E-state index is -0.0997.